The lowest BCUT2D eigenvalue weighted by Gasteiger charge is -2.14. The molecule has 1 atom stereocenters. The monoisotopic (exact) mass is 202 g/mol. The molecule has 3 N–H and O–H groups in total. The predicted octanol–water partition coefficient (Wildman–Crippen LogP) is -1.07. The van der Waals surface area contributed by atoms with Crippen LogP contribution in [0.2, 0.25) is 0 Å². The molecule has 0 aromatic rings. The normalized spacial score (nSPS) is 11.6. The molecule has 0 aliphatic heterocycles. The largest absolute Gasteiger partial charge is 0.464 e. The second-order valence-corrected chi connectivity index (χ2v) is 2.68. The van der Waals surface area contributed by atoms with Crippen LogP contribution in [0, 0.1) is 0 Å². The fraction of sp³-hybridized carbons (Fsp3) is 0.625. The lowest BCUT2D eigenvalue weighted by atomic mass is 10.2. The molecule has 0 aliphatic rings. The highest BCUT2D eigenvalue weighted by Crippen LogP contribution is 1.95. The van der Waals surface area contributed by atoms with E-state index in [0.29, 0.717) is 0 Å². The van der Waals surface area contributed by atoms with Crippen molar-refractivity contribution in [1.82, 2.24) is 5.32 Å². The predicted molar refractivity (Wildman–Crippen MR) is 48.0 cm³/mol. The highest BCUT2D eigenvalue weighted by atomic mass is 16.5. The molecular formula is C8H14N2O4. The summed E-state index contributed by atoms with van der Waals surface area (Å²) in [4.78, 5) is 32.4. The Morgan fingerprint density at radius 3 is 2.36 bits per heavy atom. The number of carbonyl (C=O) groups is 3. The zero-order valence-electron chi connectivity index (χ0n) is 8.20. The van der Waals surface area contributed by atoms with Crippen molar-refractivity contribution in [2.24, 2.45) is 5.73 Å². The van der Waals surface area contributed by atoms with Crippen molar-refractivity contribution in [2.75, 3.05) is 6.61 Å². The van der Waals surface area contributed by atoms with Crippen molar-refractivity contribution >= 4 is 17.8 Å². The second-order valence-electron chi connectivity index (χ2n) is 2.68. The van der Waals surface area contributed by atoms with Crippen LogP contribution in [-0.2, 0) is 19.1 Å². The number of nitrogens with one attached hydrogen (secondary N) is 1. The minimum absolute atomic E-state index is 0.188. The van der Waals surface area contributed by atoms with Gasteiger partial charge in [0.2, 0.25) is 11.8 Å². The number of hydrogen-bond acceptors (Lipinski definition) is 4. The van der Waals surface area contributed by atoms with Crippen LogP contribution in [0.25, 0.3) is 0 Å². The van der Waals surface area contributed by atoms with E-state index in [-0.39, 0.29) is 13.0 Å². The van der Waals surface area contributed by atoms with E-state index in [9.17, 15) is 14.4 Å². The Labute approximate surface area is 81.8 Å². The first-order valence-corrected chi connectivity index (χ1v) is 4.19. The molecule has 0 spiro atoms. The van der Waals surface area contributed by atoms with Crippen molar-refractivity contribution < 1.29 is 19.1 Å². The number of hydrogen-bond donors (Lipinski definition) is 2. The van der Waals surface area contributed by atoms with Crippen molar-refractivity contribution in [1.29, 1.82) is 0 Å². The van der Waals surface area contributed by atoms with Gasteiger partial charge in [-0.3, -0.25) is 9.59 Å². The molecule has 0 saturated carbocycles. The van der Waals surface area contributed by atoms with Gasteiger partial charge in [0.15, 0.2) is 0 Å². The number of amides is 2. The molecule has 2 amide bonds. The van der Waals surface area contributed by atoms with Gasteiger partial charge in [0.05, 0.1) is 13.0 Å². The van der Waals surface area contributed by atoms with Gasteiger partial charge in [-0.15, -0.1) is 0 Å². The van der Waals surface area contributed by atoms with Gasteiger partial charge in [-0.1, -0.05) is 0 Å². The Morgan fingerprint density at radius 2 is 2.00 bits per heavy atom. The second kappa shape index (κ2) is 5.95. The maximum absolute atomic E-state index is 11.2. The highest BCUT2D eigenvalue weighted by Gasteiger charge is 2.22. The van der Waals surface area contributed by atoms with Crippen molar-refractivity contribution in [2.45, 2.75) is 26.3 Å². The van der Waals surface area contributed by atoms with Crippen molar-refractivity contribution in [3.05, 3.63) is 0 Å². The van der Waals surface area contributed by atoms with Gasteiger partial charge in [0.25, 0.3) is 0 Å². The molecule has 0 rings (SSSR count). The first-order chi connectivity index (χ1) is 6.47. The number of primary amides is 1. The SMILES string of the molecule is CCOC(=O)[C@H](CC(N)=O)NC(C)=O. The van der Waals surface area contributed by atoms with E-state index >= 15 is 0 Å². The van der Waals surface area contributed by atoms with E-state index in [4.69, 9.17) is 5.73 Å². The zero-order chi connectivity index (χ0) is 11.1. The lowest BCUT2D eigenvalue weighted by molar-refractivity contribution is -0.148. The molecule has 80 valence electrons. The lowest BCUT2D eigenvalue weighted by Crippen LogP contribution is -2.43. The van der Waals surface area contributed by atoms with Crippen LogP contribution in [0.1, 0.15) is 20.3 Å². The molecular weight excluding hydrogens is 188 g/mol. The van der Waals surface area contributed by atoms with Gasteiger partial charge < -0.3 is 15.8 Å². The summed E-state index contributed by atoms with van der Waals surface area (Å²) >= 11 is 0. The summed E-state index contributed by atoms with van der Waals surface area (Å²) in [6.07, 6.45) is -0.252. The number of esters is 1. The molecule has 14 heavy (non-hydrogen) atoms. The topological polar surface area (TPSA) is 98.5 Å². The Balaban J connectivity index is 4.29. The summed E-state index contributed by atoms with van der Waals surface area (Å²) in [5.41, 5.74) is 4.91. The summed E-state index contributed by atoms with van der Waals surface area (Å²) in [6, 6.07) is -0.982. The van der Waals surface area contributed by atoms with Crippen LogP contribution in [0.4, 0.5) is 0 Å². The van der Waals surface area contributed by atoms with Crippen molar-refractivity contribution in [3.8, 4) is 0 Å². The Morgan fingerprint density at radius 1 is 1.43 bits per heavy atom. The standard InChI is InChI=1S/C8H14N2O4/c1-3-14-8(13)6(4-7(9)12)10-5(2)11/h6H,3-4H2,1-2H3,(H2,9,12)(H,10,11)/t6-/m0/s1. The number of nitrogens with two attached hydrogens (primary N) is 1. The highest BCUT2D eigenvalue weighted by molar-refractivity contribution is 5.88. The molecule has 0 radical (unpaired) electrons. The quantitative estimate of drug-likeness (QED) is 0.554. The molecule has 6 nitrogen and oxygen atoms in total. The van der Waals surface area contributed by atoms with E-state index in [0.717, 1.165) is 0 Å². The fourth-order valence-corrected chi connectivity index (χ4v) is 0.883. The van der Waals surface area contributed by atoms with Crippen LogP contribution in [0.15, 0.2) is 0 Å². The first-order valence-electron chi connectivity index (χ1n) is 4.19. The molecule has 0 fully saturated rings. The maximum atomic E-state index is 11.2. The molecule has 0 aromatic carbocycles. The third kappa shape index (κ3) is 5.13. The zero-order valence-corrected chi connectivity index (χ0v) is 8.20. The average Bonchev–Trinajstić information content (AvgIpc) is 2.01. The van der Waals surface area contributed by atoms with Crippen LogP contribution in [0.3, 0.4) is 0 Å². The average molecular weight is 202 g/mol. The maximum Gasteiger partial charge on any atom is 0.329 e. The Kier molecular flexibility index (Phi) is 5.28. The molecule has 0 heterocycles. The minimum atomic E-state index is -0.982. The van der Waals surface area contributed by atoms with Crippen LogP contribution < -0.4 is 11.1 Å². The summed E-state index contributed by atoms with van der Waals surface area (Å²) in [7, 11) is 0. The van der Waals surface area contributed by atoms with E-state index in [1.165, 1.54) is 6.92 Å². The number of carbonyl (C=O) groups excluding carboxylic acids is 3. The van der Waals surface area contributed by atoms with Gasteiger partial charge in [-0.05, 0) is 6.92 Å². The third-order valence-electron chi connectivity index (χ3n) is 1.35. The van der Waals surface area contributed by atoms with Crippen LogP contribution in [0.5, 0.6) is 0 Å². The molecule has 0 aromatic heterocycles. The number of rotatable bonds is 5. The van der Waals surface area contributed by atoms with Gasteiger partial charge in [0, 0.05) is 6.92 Å². The molecule has 0 bridgehead atoms. The van der Waals surface area contributed by atoms with E-state index < -0.39 is 23.8 Å². The third-order valence-corrected chi connectivity index (χ3v) is 1.35. The summed E-state index contributed by atoms with van der Waals surface area (Å²) in [6.45, 7) is 3.06. The summed E-state index contributed by atoms with van der Waals surface area (Å²) < 4.78 is 4.64. The summed E-state index contributed by atoms with van der Waals surface area (Å²) in [5.74, 6) is -1.73. The fourth-order valence-electron chi connectivity index (χ4n) is 0.883. The first kappa shape index (κ1) is 12.4. The molecule has 0 aliphatic carbocycles. The Bertz CT molecular complexity index is 223. The number of ether oxygens (including phenoxy) is 1. The van der Waals surface area contributed by atoms with Crippen LogP contribution >= 0.6 is 0 Å². The molecule has 0 saturated heterocycles. The Hall–Kier alpha value is -1.59. The van der Waals surface area contributed by atoms with E-state index in [1.54, 1.807) is 6.92 Å². The van der Waals surface area contributed by atoms with E-state index in [2.05, 4.69) is 10.1 Å². The summed E-state index contributed by atoms with van der Waals surface area (Å²) in [5, 5.41) is 2.28. The smallest absolute Gasteiger partial charge is 0.329 e. The van der Waals surface area contributed by atoms with E-state index in [1.807, 2.05) is 0 Å². The van der Waals surface area contributed by atoms with Gasteiger partial charge in [-0.25, -0.2) is 4.79 Å². The van der Waals surface area contributed by atoms with Gasteiger partial charge >= 0.3 is 5.97 Å². The molecule has 0 unspecified atom stereocenters. The van der Waals surface area contributed by atoms with Crippen LogP contribution in [-0.4, -0.2) is 30.4 Å². The van der Waals surface area contributed by atoms with Gasteiger partial charge in [0.1, 0.15) is 6.04 Å². The van der Waals surface area contributed by atoms with Crippen molar-refractivity contribution in [3.63, 3.8) is 0 Å². The minimum Gasteiger partial charge on any atom is -0.464 e. The molecule has 6 heteroatoms. The van der Waals surface area contributed by atoms with Gasteiger partial charge in [-0.2, -0.15) is 0 Å².